The van der Waals surface area contributed by atoms with Gasteiger partial charge in [0, 0.05) is 36.2 Å². The second-order valence-corrected chi connectivity index (χ2v) is 6.97. The normalized spacial score (nSPS) is 13.0. The molecule has 2 heterocycles. The van der Waals surface area contributed by atoms with Crippen LogP contribution in [-0.4, -0.2) is 16.8 Å². The Morgan fingerprint density at radius 1 is 1.21 bits per heavy atom. The number of halogens is 1. The molecule has 2 amide bonds. The Morgan fingerprint density at radius 3 is 2.93 bits per heavy atom. The molecule has 2 aromatic carbocycles. The number of nitrogens with zero attached hydrogens (tertiary/aromatic N) is 1. The number of oxazole rings is 1. The van der Waals surface area contributed by atoms with Crippen molar-refractivity contribution in [2.24, 2.45) is 0 Å². The third kappa shape index (κ3) is 4.07. The van der Waals surface area contributed by atoms with Gasteiger partial charge in [-0.15, -0.1) is 0 Å². The zero-order valence-electron chi connectivity index (χ0n) is 15.0. The number of carbonyl (C=O) groups is 2. The van der Waals surface area contributed by atoms with Crippen molar-refractivity contribution < 1.29 is 14.0 Å². The minimum Gasteiger partial charge on any atom is -0.441 e. The third-order valence-corrected chi connectivity index (χ3v) is 4.87. The van der Waals surface area contributed by atoms with Crippen LogP contribution in [-0.2, 0) is 22.4 Å². The van der Waals surface area contributed by atoms with E-state index in [1.54, 1.807) is 18.3 Å². The molecule has 0 aliphatic carbocycles. The molecule has 0 fully saturated rings. The molecule has 0 saturated carbocycles. The first-order chi connectivity index (χ1) is 13.6. The molecule has 7 heteroatoms. The lowest BCUT2D eigenvalue weighted by Crippen LogP contribution is -2.19. The van der Waals surface area contributed by atoms with Crippen molar-refractivity contribution in [3.8, 4) is 11.3 Å². The first-order valence-electron chi connectivity index (χ1n) is 9.01. The van der Waals surface area contributed by atoms with Crippen molar-refractivity contribution in [3.05, 3.63) is 65.1 Å². The standard InChI is InChI=1S/C21H18ClN3O3/c22-16-4-2-1-3-15(16)18-12-23-21(28-18)10-9-19(26)24-14-6-7-17-13(11-14)5-8-20(27)25-17/h1-4,6-7,11-12H,5,8-10H2,(H,24,26)(H,25,27). The van der Waals surface area contributed by atoms with Gasteiger partial charge >= 0.3 is 0 Å². The van der Waals surface area contributed by atoms with Gasteiger partial charge in [0.15, 0.2) is 11.7 Å². The van der Waals surface area contributed by atoms with Crippen LogP contribution in [0.4, 0.5) is 11.4 Å². The molecule has 2 N–H and O–H groups in total. The van der Waals surface area contributed by atoms with Gasteiger partial charge in [0.2, 0.25) is 11.8 Å². The minimum absolute atomic E-state index is 0.0198. The summed E-state index contributed by atoms with van der Waals surface area (Å²) in [4.78, 5) is 27.9. The van der Waals surface area contributed by atoms with Crippen LogP contribution >= 0.6 is 11.6 Å². The number of benzene rings is 2. The Morgan fingerprint density at radius 2 is 2.07 bits per heavy atom. The summed E-state index contributed by atoms with van der Waals surface area (Å²) < 4.78 is 5.72. The highest BCUT2D eigenvalue weighted by Gasteiger charge is 2.16. The molecule has 0 atom stereocenters. The van der Waals surface area contributed by atoms with Gasteiger partial charge in [-0.2, -0.15) is 0 Å². The molecule has 1 aliphatic heterocycles. The number of carbonyl (C=O) groups excluding carboxylic acids is 2. The number of fused-ring (bicyclic) bond motifs is 1. The predicted octanol–water partition coefficient (Wildman–Crippen LogP) is 4.45. The minimum atomic E-state index is -0.128. The van der Waals surface area contributed by atoms with Crippen molar-refractivity contribution >= 4 is 34.8 Å². The van der Waals surface area contributed by atoms with Gasteiger partial charge in [-0.3, -0.25) is 9.59 Å². The first kappa shape index (κ1) is 18.3. The van der Waals surface area contributed by atoms with E-state index in [2.05, 4.69) is 15.6 Å². The average molecular weight is 396 g/mol. The lowest BCUT2D eigenvalue weighted by atomic mass is 10.0. The van der Waals surface area contributed by atoms with Gasteiger partial charge in [-0.1, -0.05) is 23.7 Å². The summed E-state index contributed by atoms with van der Waals surface area (Å²) in [6.07, 6.45) is 3.38. The molecule has 4 rings (SSSR count). The van der Waals surface area contributed by atoms with Crippen LogP contribution in [0.2, 0.25) is 5.02 Å². The van der Waals surface area contributed by atoms with Gasteiger partial charge in [0.05, 0.1) is 11.2 Å². The number of rotatable bonds is 5. The molecular weight excluding hydrogens is 378 g/mol. The maximum Gasteiger partial charge on any atom is 0.224 e. The van der Waals surface area contributed by atoms with Crippen molar-refractivity contribution in [2.45, 2.75) is 25.7 Å². The summed E-state index contributed by atoms with van der Waals surface area (Å²) >= 11 is 6.17. The Kier molecular flexibility index (Phi) is 5.12. The molecular formula is C21H18ClN3O3. The van der Waals surface area contributed by atoms with Crippen LogP contribution in [0.15, 0.2) is 53.1 Å². The van der Waals surface area contributed by atoms with E-state index in [-0.39, 0.29) is 18.2 Å². The van der Waals surface area contributed by atoms with E-state index in [9.17, 15) is 9.59 Å². The van der Waals surface area contributed by atoms with E-state index in [0.717, 1.165) is 16.8 Å². The zero-order valence-corrected chi connectivity index (χ0v) is 15.8. The molecule has 1 aliphatic rings. The molecule has 28 heavy (non-hydrogen) atoms. The fourth-order valence-corrected chi connectivity index (χ4v) is 3.35. The number of aromatic nitrogens is 1. The molecule has 0 bridgehead atoms. The predicted molar refractivity (Wildman–Crippen MR) is 107 cm³/mol. The lowest BCUT2D eigenvalue weighted by Gasteiger charge is -2.17. The van der Waals surface area contributed by atoms with E-state index < -0.39 is 0 Å². The SMILES string of the molecule is O=C(CCc1ncc(-c2ccccc2Cl)o1)Nc1ccc2c(c1)CCC(=O)N2. The van der Waals surface area contributed by atoms with Crippen molar-refractivity contribution in [3.63, 3.8) is 0 Å². The fraction of sp³-hybridized carbons (Fsp3) is 0.190. The summed E-state index contributed by atoms with van der Waals surface area (Å²) in [5.74, 6) is 0.958. The Bertz CT molecular complexity index is 1040. The van der Waals surface area contributed by atoms with E-state index in [1.165, 1.54) is 0 Å². The van der Waals surface area contributed by atoms with Gasteiger partial charge in [0.1, 0.15) is 0 Å². The number of aryl methyl sites for hydroxylation is 2. The third-order valence-electron chi connectivity index (χ3n) is 4.54. The van der Waals surface area contributed by atoms with E-state index >= 15 is 0 Å². The van der Waals surface area contributed by atoms with E-state index in [4.69, 9.17) is 16.0 Å². The Hall–Kier alpha value is -3.12. The van der Waals surface area contributed by atoms with Crippen LogP contribution in [0, 0.1) is 0 Å². The smallest absolute Gasteiger partial charge is 0.224 e. The highest BCUT2D eigenvalue weighted by Crippen LogP contribution is 2.28. The van der Waals surface area contributed by atoms with Crippen LogP contribution in [0.5, 0.6) is 0 Å². The van der Waals surface area contributed by atoms with Crippen LogP contribution in [0.1, 0.15) is 24.3 Å². The topological polar surface area (TPSA) is 84.2 Å². The van der Waals surface area contributed by atoms with Crippen LogP contribution in [0.3, 0.4) is 0 Å². The van der Waals surface area contributed by atoms with E-state index in [1.807, 2.05) is 30.3 Å². The molecule has 0 spiro atoms. The number of hydrogen-bond acceptors (Lipinski definition) is 4. The maximum absolute atomic E-state index is 12.3. The summed E-state index contributed by atoms with van der Waals surface area (Å²) in [6.45, 7) is 0. The monoisotopic (exact) mass is 395 g/mol. The second kappa shape index (κ2) is 7.86. The lowest BCUT2D eigenvalue weighted by molar-refractivity contribution is -0.117. The quantitative estimate of drug-likeness (QED) is 0.668. The Labute approximate surface area is 166 Å². The molecule has 0 saturated heterocycles. The number of anilines is 2. The largest absolute Gasteiger partial charge is 0.441 e. The highest BCUT2D eigenvalue weighted by molar-refractivity contribution is 6.33. The van der Waals surface area contributed by atoms with Gasteiger partial charge in [-0.05, 0) is 42.3 Å². The molecule has 0 unspecified atom stereocenters. The van der Waals surface area contributed by atoms with Crippen molar-refractivity contribution in [2.75, 3.05) is 10.6 Å². The molecule has 0 radical (unpaired) electrons. The molecule has 142 valence electrons. The zero-order chi connectivity index (χ0) is 19.5. The number of nitrogens with one attached hydrogen (secondary N) is 2. The van der Waals surface area contributed by atoms with E-state index in [0.29, 0.717) is 41.6 Å². The highest BCUT2D eigenvalue weighted by atomic mass is 35.5. The Balaban J connectivity index is 1.35. The van der Waals surface area contributed by atoms with Crippen LogP contribution < -0.4 is 10.6 Å². The van der Waals surface area contributed by atoms with Crippen LogP contribution in [0.25, 0.3) is 11.3 Å². The van der Waals surface area contributed by atoms with Gasteiger partial charge in [0.25, 0.3) is 0 Å². The van der Waals surface area contributed by atoms with Gasteiger partial charge < -0.3 is 15.1 Å². The molecule has 1 aromatic heterocycles. The van der Waals surface area contributed by atoms with Crippen molar-refractivity contribution in [1.82, 2.24) is 4.98 Å². The molecule has 3 aromatic rings. The van der Waals surface area contributed by atoms with Gasteiger partial charge in [-0.25, -0.2) is 4.98 Å². The molecule has 6 nitrogen and oxygen atoms in total. The second-order valence-electron chi connectivity index (χ2n) is 6.57. The summed E-state index contributed by atoms with van der Waals surface area (Å²) in [5.41, 5.74) is 3.31. The number of hydrogen-bond donors (Lipinski definition) is 2. The summed E-state index contributed by atoms with van der Waals surface area (Å²) in [5, 5.41) is 6.29. The fourth-order valence-electron chi connectivity index (χ4n) is 3.12. The summed E-state index contributed by atoms with van der Waals surface area (Å²) in [7, 11) is 0. The first-order valence-corrected chi connectivity index (χ1v) is 9.38. The summed E-state index contributed by atoms with van der Waals surface area (Å²) in [6, 6.07) is 12.9. The number of amides is 2. The average Bonchev–Trinajstić information content (AvgIpc) is 3.16. The van der Waals surface area contributed by atoms with Crippen molar-refractivity contribution in [1.29, 1.82) is 0 Å². The maximum atomic E-state index is 12.3.